The molecule has 36 heavy (non-hydrogen) atoms. The predicted octanol–water partition coefficient (Wildman–Crippen LogP) is 4.67. The van der Waals surface area contributed by atoms with Gasteiger partial charge in [-0.3, -0.25) is 9.25 Å². The standard InChI is InChI=1S/C24H26F3N5O4/c1-4-35-6-5-7-36-20-9-16(10-28-22(20)34-3)18-8-15(2)21-19(30-18)13-32(23(21)33)17-11-29-31(12-17)14-24(25,26)27/h8-13,33H,4-7,14H2,1-3H3. The van der Waals surface area contributed by atoms with Crippen LogP contribution in [0.25, 0.3) is 27.8 Å². The molecule has 0 fully saturated rings. The Hall–Kier alpha value is -3.80. The van der Waals surface area contributed by atoms with E-state index in [1.54, 1.807) is 24.5 Å². The lowest BCUT2D eigenvalue weighted by Gasteiger charge is -2.12. The third-order valence-electron chi connectivity index (χ3n) is 5.39. The second-order valence-electron chi connectivity index (χ2n) is 8.05. The van der Waals surface area contributed by atoms with Gasteiger partial charge in [-0.2, -0.15) is 18.3 Å². The normalized spacial score (nSPS) is 11.8. The summed E-state index contributed by atoms with van der Waals surface area (Å²) < 4.78 is 56.7. The molecule has 0 aromatic carbocycles. The number of pyridine rings is 2. The molecular weight excluding hydrogens is 479 g/mol. The van der Waals surface area contributed by atoms with Crippen molar-refractivity contribution in [1.82, 2.24) is 24.3 Å². The van der Waals surface area contributed by atoms with Crippen LogP contribution in [0.5, 0.6) is 17.5 Å². The fourth-order valence-corrected chi connectivity index (χ4v) is 3.79. The minimum atomic E-state index is -4.40. The topological polar surface area (TPSA) is 96.5 Å². The number of methoxy groups -OCH3 is 1. The van der Waals surface area contributed by atoms with Gasteiger partial charge in [0, 0.05) is 43.8 Å². The van der Waals surface area contributed by atoms with E-state index in [0.29, 0.717) is 60.0 Å². The average molecular weight is 505 g/mol. The number of alkyl halides is 3. The molecule has 0 unspecified atom stereocenters. The number of rotatable bonds is 10. The molecule has 1 N–H and O–H groups in total. The molecule has 4 aromatic rings. The van der Waals surface area contributed by atoms with Gasteiger partial charge in [-0.25, -0.2) is 9.97 Å². The van der Waals surface area contributed by atoms with Gasteiger partial charge < -0.3 is 19.3 Å². The Bertz CT molecular complexity index is 1350. The molecule has 4 rings (SSSR count). The summed E-state index contributed by atoms with van der Waals surface area (Å²) in [6.07, 6.45) is 1.93. The van der Waals surface area contributed by atoms with Gasteiger partial charge in [0.15, 0.2) is 5.75 Å². The Morgan fingerprint density at radius 2 is 1.92 bits per heavy atom. The number of ether oxygens (including phenoxy) is 3. The zero-order chi connectivity index (χ0) is 25.9. The van der Waals surface area contributed by atoms with Crippen LogP contribution in [0.15, 0.2) is 36.9 Å². The summed E-state index contributed by atoms with van der Waals surface area (Å²) in [6.45, 7) is 4.16. The van der Waals surface area contributed by atoms with Gasteiger partial charge in [0.25, 0.3) is 5.88 Å². The molecule has 0 aliphatic rings. The van der Waals surface area contributed by atoms with Crippen LogP contribution in [0.3, 0.4) is 0 Å². The second-order valence-corrected chi connectivity index (χ2v) is 8.05. The molecule has 0 saturated heterocycles. The Kier molecular flexibility index (Phi) is 7.34. The first-order valence-electron chi connectivity index (χ1n) is 11.3. The number of aryl methyl sites for hydroxylation is 1. The number of aromatic hydroxyl groups is 1. The number of nitrogens with zero attached hydrogens (tertiary/aromatic N) is 5. The molecule has 0 bridgehead atoms. The van der Waals surface area contributed by atoms with E-state index >= 15 is 0 Å². The van der Waals surface area contributed by atoms with Crippen molar-refractivity contribution in [3.05, 3.63) is 42.5 Å². The summed E-state index contributed by atoms with van der Waals surface area (Å²) in [5.41, 5.74) is 2.72. The number of hydrogen-bond acceptors (Lipinski definition) is 7. The zero-order valence-corrected chi connectivity index (χ0v) is 20.0. The maximum atomic E-state index is 12.7. The summed E-state index contributed by atoms with van der Waals surface area (Å²) in [4.78, 5) is 8.98. The van der Waals surface area contributed by atoms with Crippen LogP contribution in [0.2, 0.25) is 0 Å². The van der Waals surface area contributed by atoms with E-state index in [0.717, 1.165) is 10.2 Å². The van der Waals surface area contributed by atoms with Crippen LogP contribution in [0, 0.1) is 6.92 Å². The van der Waals surface area contributed by atoms with Gasteiger partial charge in [0.1, 0.15) is 6.54 Å². The number of fused-ring (bicyclic) bond motifs is 1. The maximum absolute atomic E-state index is 12.7. The summed E-state index contributed by atoms with van der Waals surface area (Å²) in [5.74, 6) is 0.662. The molecule has 9 nitrogen and oxygen atoms in total. The summed E-state index contributed by atoms with van der Waals surface area (Å²) in [7, 11) is 1.51. The molecule has 12 heteroatoms. The molecule has 0 amide bonds. The maximum Gasteiger partial charge on any atom is 0.408 e. The molecule has 0 atom stereocenters. The molecular formula is C24H26F3N5O4. The lowest BCUT2D eigenvalue weighted by atomic mass is 10.1. The minimum Gasteiger partial charge on any atom is -0.494 e. The third kappa shape index (κ3) is 5.54. The summed E-state index contributed by atoms with van der Waals surface area (Å²) in [5, 5.41) is 15.0. The lowest BCUT2D eigenvalue weighted by molar-refractivity contribution is -0.142. The smallest absolute Gasteiger partial charge is 0.408 e. The van der Waals surface area contributed by atoms with E-state index in [1.165, 1.54) is 24.1 Å². The highest BCUT2D eigenvalue weighted by atomic mass is 19.4. The van der Waals surface area contributed by atoms with Crippen LogP contribution in [-0.4, -0.2) is 62.5 Å². The first kappa shape index (κ1) is 25.3. The van der Waals surface area contributed by atoms with Gasteiger partial charge in [-0.05, 0) is 31.5 Å². The SMILES string of the molecule is CCOCCCOc1cc(-c2cc(C)c3c(O)n(-c4cnn(CC(F)(F)F)c4)cc3n2)cnc1OC. The molecule has 0 radical (unpaired) electrons. The van der Waals surface area contributed by atoms with Crippen molar-refractivity contribution in [2.24, 2.45) is 0 Å². The number of hydrogen-bond donors (Lipinski definition) is 1. The largest absolute Gasteiger partial charge is 0.494 e. The fourth-order valence-electron chi connectivity index (χ4n) is 3.79. The van der Waals surface area contributed by atoms with Crippen LogP contribution in [0.1, 0.15) is 18.9 Å². The van der Waals surface area contributed by atoms with Gasteiger partial charge in [-0.1, -0.05) is 0 Å². The Morgan fingerprint density at radius 1 is 1.11 bits per heavy atom. The van der Waals surface area contributed by atoms with Crippen LogP contribution >= 0.6 is 0 Å². The molecule has 4 aromatic heterocycles. The second kappa shape index (κ2) is 10.4. The summed E-state index contributed by atoms with van der Waals surface area (Å²) >= 11 is 0. The fraction of sp³-hybridized carbons (Fsp3) is 0.375. The van der Waals surface area contributed by atoms with E-state index in [-0.39, 0.29) is 11.6 Å². The Morgan fingerprint density at radius 3 is 2.64 bits per heavy atom. The molecule has 0 saturated carbocycles. The Labute approximate surface area is 205 Å². The number of aromatic nitrogens is 5. The van der Waals surface area contributed by atoms with Crippen molar-refractivity contribution in [2.45, 2.75) is 33.0 Å². The van der Waals surface area contributed by atoms with Gasteiger partial charge in [0.05, 0.1) is 42.2 Å². The molecule has 0 spiro atoms. The quantitative estimate of drug-likeness (QED) is 0.313. The minimum absolute atomic E-state index is 0.140. The van der Waals surface area contributed by atoms with Crippen molar-refractivity contribution in [3.63, 3.8) is 0 Å². The number of halogens is 3. The van der Waals surface area contributed by atoms with Crippen molar-refractivity contribution in [3.8, 4) is 34.5 Å². The van der Waals surface area contributed by atoms with Crippen molar-refractivity contribution in [2.75, 3.05) is 26.9 Å². The third-order valence-corrected chi connectivity index (χ3v) is 5.39. The predicted molar refractivity (Wildman–Crippen MR) is 126 cm³/mol. The van der Waals surface area contributed by atoms with E-state index in [9.17, 15) is 18.3 Å². The van der Waals surface area contributed by atoms with E-state index in [2.05, 4.69) is 15.1 Å². The van der Waals surface area contributed by atoms with Gasteiger partial charge >= 0.3 is 6.18 Å². The highest BCUT2D eigenvalue weighted by Gasteiger charge is 2.28. The molecule has 192 valence electrons. The first-order chi connectivity index (χ1) is 17.2. The zero-order valence-electron chi connectivity index (χ0n) is 20.0. The van der Waals surface area contributed by atoms with Crippen molar-refractivity contribution >= 4 is 10.9 Å². The van der Waals surface area contributed by atoms with E-state index in [1.807, 2.05) is 13.8 Å². The van der Waals surface area contributed by atoms with E-state index < -0.39 is 12.7 Å². The monoisotopic (exact) mass is 505 g/mol. The van der Waals surface area contributed by atoms with E-state index in [4.69, 9.17) is 14.2 Å². The van der Waals surface area contributed by atoms with Crippen molar-refractivity contribution in [1.29, 1.82) is 0 Å². The van der Waals surface area contributed by atoms with Crippen molar-refractivity contribution < 1.29 is 32.5 Å². The molecule has 0 aliphatic heterocycles. The average Bonchev–Trinajstić information content (AvgIpc) is 3.41. The first-order valence-corrected chi connectivity index (χ1v) is 11.3. The lowest BCUT2D eigenvalue weighted by Crippen LogP contribution is -2.17. The Balaban J connectivity index is 1.65. The van der Waals surface area contributed by atoms with Crippen LogP contribution in [-0.2, 0) is 11.3 Å². The highest BCUT2D eigenvalue weighted by molar-refractivity contribution is 5.90. The highest BCUT2D eigenvalue weighted by Crippen LogP contribution is 2.36. The van der Waals surface area contributed by atoms with Gasteiger partial charge in [0.2, 0.25) is 5.88 Å². The van der Waals surface area contributed by atoms with Crippen LogP contribution < -0.4 is 9.47 Å². The molecule has 4 heterocycles. The molecule has 0 aliphatic carbocycles. The summed E-state index contributed by atoms with van der Waals surface area (Å²) in [6, 6.07) is 3.57. The van der Waals surface area contributed by atoms with Crippen LogP contribution in [0.4, 0.5) is 13.2 Å². The van der Waals surface area contributed by atoms with Gasteiger partial charge in [-0.15, -0.1) is 0 Å².